The van der Waals surface area contributed by atoms with E-state index in [1.54, 1.807) is 18.3 Å². The van der Waals surface area contributed by atoms with Crippen molar-refractivity contribution < 1.29 is 4.74 Å². The molecule has 6 nitrogen and oxygen atoms in total. The molecule has 0 amide bonds. The molecule has 0 radical (unpaired) electrons. The van der Waals surface area contributed by atoms with Gasteiger partial charge in [-0.3, -0.25) is 9.78 Å². The molecule has 1 spiro atoms. The molecule has 0 saturated carbocycles. The molecule has 28 heavy (non-hydrogen) atoms. The van der Waals surface area contributed by atoms with Gasteiger partial charge in [0, 0.05) is 29.4 Å². The first-order valence-corrected chi connectivity index (χ1v) is 10.8. The van der Waals surface area contributed by atoms with Gasteiger partial charge < -0.3 is 15.4 Å². The summed E-state index contributed by atoms with van der Waals surface area (Å²) in [4.78, 5) is 23.2. The van der Waals surface area contributed by atoms with Crippen molar-refractivity contribution in [3.63, 3.8) is 0 Å². The van der Waals surface area contributed by atoms with Crippen LogP contribution in [0.2, 0.25) is 10.0 Å². The minimum absolute atomic E-state index is 0.0370. The van der Waals surface area contributed by atoms with Crippen molar-refractivity contribution in [2.75, 3.05) is 24.6 Å². The monoisotopic (exact) mass is 440 g/mol. The number of anilines is 1. The number of hydrogen-bond acceptors (Lipinski definition) is 6. The highest BCUT2D eigenvalue weighted by molar-refractivity contribution is 7.99. The summed E-state index contributed by atoms with van der Waals surface area (Å²) in [5.74, 6) is 0.585. The summed E-state index contributed by atoms with van der Waals surface area (Å²) >= 11 is 13.5. The Labute approximate surface area is 177 Å². The molecule has 2 atom stereocenters. The molecule has 4 rings (SSSR count). The number of halogens is 2. The zero-order valence-electron chi connectivity index (χ0n) is 15.5. The average Bonchev–Trinajstić information content (AvgIpc) is 2.96. The zero-order chi connectivity index (χ0) is 19.9. The summed E-state index contributed by atoms with van der Waals surface area (Å²) in [6.07, 6.45) is 3.54. The molecule has 150 valence electrons. The van der Waals surface area contributed by atoms with Crippen molar-refractivity contribution in [2.45, 2.75) is 41.7 Å². The molecule has 0 bridgehead atoms. The third-order valence-electron chi connectivity index (χ3n) is 5.79. The summed E-state index contributed by atoms with van der Waals surface area (Å²) < 4.78 is 5.77. The van der Waals surface area contributed by atoms with Crippen molar-refractivity contribution >= 4 is 40.9 Å². The Morgan fingerprint density at radius 1 is 1.32 bits per heavy atom. The summed E-state index contributed by atoms with van der Waals surface area (Å²) in [5.41, 5.74) is 6.22. The maximum Gasteiger partial charge on any atom is 0.266 e. The molecule has 2 aliphatic heterocycles. The SMILES string of the molecule is C[C@@H]1OCC2(CCN(c3ncc(Sc4cccc(Cl)c4Cl)c(=O)[nH]3)CC2)[C@@H]1N. The van der Waals surface area contributed by atoms with E-state index in [4.69, 9.17) is 33.7 Å². The normalized spacial score (nSPS) is 24.1. The van der Waals surface area contributed by atoms with Gasteiger partial charge in [0.15, 0.2) is 0 Å². The molecular formula is C19H22Cl2N4O2S. The Morgan fingerprint density at radius 2 is 2.07 bits per heavy atom. The molecule has 2 aliphatic rings. The Morgan fingerprint density at radius 3 is 2.71 bits per heavy atom. The van der Waals surface area contributed by atoms with E-state index in [1.165, 1.54) is 11.8 Å². The van der Waals surface area contributed by atoms with E-state index in [1.807, 2.05) is 13.0 Å². The number of aromatic amines is 1. The van der Waals surface area contributed by atoms with Gasteiger partial charge in [-0.15, -0.1) is 0 Å². The standard InChI is InChI=1S/C19H22Cl2N4O2S/c1-11-16(22)19(10-27-11)5-7-25(8-6-19)18-23-9-14(17(26)24-18)28-13-4-2-3-12(20)15(13)21/h2-4,9,11,16H,5-8,10,22H2,1H3,(H,23,24,26)/t11-,16+/m0/s1. The van der Waals surface area contributed by atoms with Gasteiger partial charge >= 0.3 is 0 Å². The number of nitrogens with zero attached hydrogens (tertiary/aromatic N) is 2. The van der Waals surface area contributed by atoms with Crippen LogP contribution >= 0.6 is 35.0 Å². The van der Waals surface area contributed by atoms with E-state index >= 15 is 0 Å². The number of piperidine rings is 1. The smallest absolute Gasteiger partial charge is 0.266 e. The van der Waals surface area contributed by atoms with Crippen LogP contribution in [0.15, 0.2) is 39.0 Å². The number of nitrogens with one attached hydrogen (secondary N) is 1. The van der Waals surface area contributed by atoms with Crippen LogP contribution in [0.1, 0.15) is 19.8 Å². The molecule has 3 N–H and O–H groups in total. The topological polar surface area (TPSA) is 84.2 Å². The van der Waals surface area contributed by atoms with E-state index in [-0.39, 0.29) is 23.1 Å². The first-order chi connectivity index (χ1) is 13.4. The summed E-state index contributed by atoms with van der Waals surface area (Å²) in [6.45, 7) is 4.33. The Hall–Kier alpha value is -1.25. The lowest BCUT2D eigenvalue weighted by Crippen LogP contribution is -2.51. The Bertz CT molecular complexity index is 930. The number of H-pyrrole nitrogens is 1. The van der Waals surface area contributed by atoms with Gasteiger partial charge in [-0.1, -0.05) is 41.0 Å². The number of rotatable bonds is 3. The van der Waals surface area contributed by atoms with Gasteiger partial charge in [0.05, 0.1) is 33.8 Å². The van der Waals surface area contributed by atoms with Crippen molar-refractivity contribution in [3.8, 4) is 0 Å². The Balaban J connectivity index is 1.47. The van der Waals surface area contributed by atoms with Crippen LogP contribution in [0.25, 0.3) is 0 Å². The van der Waals surface area contributed by atoms with Crippen LogP contribution in [0.4, 0.5) is 5.95 Å². The fraction of sp³-hybridized carbons (Fsp3) is 0.474. The second-order valence-corrected chi connectivity index (χ2v) is 9.31. The highest BCUT2D eigenvalue weighted by Crippen LogP contribution is 2.41. The summed E-state index contributed by atoms with van der Waals surface area (Å²) in [7, 11) is 0. The van der Waals surface area contributed by atoms with Crippen LogP contribution in [0, 0.1) is 5.41 Å². The number of benzene rings is 1. The molecule has 2 saturated heterocycles. The van der Waals surface area contributed by atoms with Crippen LogP contribution in [-0.2, 0) is 4.74 Å². The molecule has 2 fully saturated rings. The fourth-order valence-electron chi connectivity index (χ4n) is 3.93. The van der Waals surface area contributed by atoms with E-state index in [0.29, 0.717) is 27.5 Å². The number of nitrogens with two attached hydrogens (primary N) is 1. The highest BCUT2D eigenvalue weighted by Gasteiger charge is 2.47. The lowest BCUT2D eigenvalue weighted by Gasteiger charge is -2.41. The van der Waals surface area contributed by atoms with E-state index in [9.17, 15) is 4.79 Å². The van der Waals surface area contributed by atoms with Crippen molar-refractivity contribution in [2.24, 2.45) is 11.1 Å². The minimum atomic E-state index is -0.194. The van der Waals surface area contributed by atoms with E-state index < -0.39 is 0 Å². The van der Waals surface area contributed by atoms with Gasteiger partial charge in [0.1, 0.15) is 0 Å². The molecule has 9 heteroatoms. The van der Waals surface area contributed by atoms with Crippen molar-refractivity contribution in [3.05, 3.63) is 44.8 Å². The highest BCUT2D eigenvalue weighted by atomic mass is 35.5. The van der Waals surface area contributed by atoms with Crippen LogP contribution in [-0.4, -0.2) is 41.8 Å². The molecule has 0 unspecified atom stereocenters. The Kier molecular flexibility index (Phi) is 5.64. The third kappa shape index (κ3) is 3.66. The zero-order valence-corrected chi connectivity index (χ0v) is 17.8. The van der Waals surface area contributed by atoms with Gasteiger partial charge in [-0.25, -0.2) is 4.98 Å². The molecule has 0 aliphatic carbocycles. The maximum absolute atomic E-state index is 12.6. The van der Waals surface area contributed by atoms with Gasteiger partial charge in [0.2, 0.25) is 5.95 Å². The van der Waals surface area contributed by atoms with E-state index in [0.717, 1.165) is 30.8 Å². The van der Waals surface area contributed by atoms with Gasteiger partial charge in [-0.05, 0) is 31.9 Å². The first kappa shape index (κ1) is 20.0. The van der Waals surface area contributed by atoms with Gasteiger partial charge in [0.25, 0.3) is 5.56 Å². The fourth-order valence-corrected chi connectivity index (χ4v) is 5.23. The molecular weight excluding hydrogens is 419 g/mol. The van der Waals surface area contributed by atoms with Crippen LogP contribution < -0.4 is 16.2 Å². The molecule has 1 aromatic carbocycles. The van der Waals surface area contributed by atoms with Crippen molar-refractivity contribution in [1.82, 2.24) is 9.97 Å². The number of ether oxygens (including phenoxy) is 1. The quantitative estimate of drug-likeness (QED) is 0.758. The summed E-state index contributed by atoms with van der Waals surface area (Å²) in [6, 6.07) is 5.39. The van der Waals surface area contributed by atoms with Crippen LogP contribution in [0.5, 0.6) is 0 Å². The third-order valence-corrected chi connectivity index (χ3v) is 7.80. The lowest BCUT2D eigenvalue weighted by atomic mass is 9.73. The summed E-state index contributed by atoms with van der Waals surface area (Å²) in [5, 5.41) is 0.890. The predicted octanol–water partition coefficient (Wildman–Crippen LogP) is 3.56. The average molecular weight is 441 g/mol. The first-order valence-electron chi connectivity index (χ1n) is 9.23. The van der Waals surface area contributed by atoms with E-state index in [2.05, 4.69) is 14.9 Å². The predicted molar refractivity (Wildman–Crippen MR) is 113 cm³/mol. The number of hydrogen-bond donors (Lipinski definition) is 2. The van der Waals surface area contributed by atoms with Crippen LogP contribution in [0.3, 0.4) is 0 Å². The van der Waals surface area contributed by atoms with Crippen molar-refractivity contribution in [1.29, 1.82) is 0 Å². The van der Waals surface area contributed by atoms with Gasteiger partial charge in [-0.2, -0.15) is 0 Å². The molecule has 3 heterocycles. The maximum atomic E-state index is 12.6. The molecule has 2 aromatic rings. The second kappa shape index (κ2) is 7.88. The number of aromatic nitrogens is 2. The lowest BCUT2D eigenvalue weighted by molar-refractivity contribution is 0.0973. The minimum Gasteiger partial charge on any atom is -0.376 e. The largest absolute Gasteiger partial charge is 0.376 e. The second-order valence-electron chi connectivity index (χ2n) is 7.45. The molecule has 1 aromatic heterocycles.